The maximum atomic E-state index is 11.9. The Morgan fingerprint density at radius 2 is 1.70 bits per heavy atom. The first-order valence-corrected chi connectivity index (χ1v) is 11.9. The number of sulfonamides is 1. The number of hydrogen-bond donors (Lipinski definition) is 3. The number of unbranched alkanes of at least 4 members (excludes halogenated alkanes) is 4. The summed E-state index contributed by atoms with van der Waals surface area (Å²) >= 11 is 0. The summed E-state index contributed by atoms with van der Waals surface area (Å²) in [5, 5.41) is 13.9. The first-order chi connectivity index (χ1) is 14.4. The second kappa shape index (κ2) is 12.9. The van der Waals surface area contributed by atoms with Crippen LogP contribution in [0.3, 0.4) is 0 Å². The lowest BCUT2D eigenvalue weighted by Gasteiger charge is -2.19. The van der Waals surface area contributed by atoms with Crippen LogP contribution >= 0.6 is 0 Å². The third-order valence-electron chi connectivity index (χ3n) is 4.36. The summed E-state index contributed by atoms with van der Waals surface area (Å²) in [6, 6.07) is 13.1. The molecule has 1 heterocycles. The minimum Gasteiger partial charge on any atom is -0.356 e. The molecule has 0 amide bonds. The molecular weight excluding hydrogens is 402 g/mol. The summed E-state index contributed by atoms with van der Waals surface area (Å²) in [5.74, 6) is 0.264. The molecular formula is C21H31N5O3S. The molecule has 1 aromatic carbocycles. The molecule has 0 atom stereocenters. The van der Waals surface area contributed by atoms with E-state index in [9.17, 15) is 8.42 Å². The Labute approximate surface area is 179 Å². The minimum atomic E-state index is -3.41. The van der Waals surface area contributed by atoms with Crippen molar-refractivity contribution in [3.05, 3.63) is 60.4 Å². The van der Waals surface area contributed by atoms with Crippen molar-refractivity contribution in [1.29, 1.82) is 5.41 Å². The number of pyridine rings is 1. The fourth-order valence-corrected chi connectivity index (χ4v) is 3.49. The van der Waals surface area contributed by atoms with Crippen molar-refractivity contribution in [2.45, 2.75) is 38.7 Å². The molecule has 3 N–H and O–H groups in total. The molecule has 164 valence electrons. The number of nitrogens with zero attached hydrogens (tertiary/aromatic N) is 2. The summed E-state index contributed by atoms with van der Waals surface area (Å²) < 4.78 is 24.9. The zero-order valence-corrected chi connectivity index (χ0v) is 18.2. The van der Waals surface area contributed by atoms with Gasteiger partial charge in [0.1, 0.15) is 0 Å². The molecule has 0 saturated heterocycles. The molecule has 0 aliphatic heterocycles. The van der Waals surface area contributed by atoms with Crippen molar-refractivity contribution in [2.75, 3.05) is 24.7 Å². The second-order valence-corrected chi connectivity index (χ2v) is 8.85. The Bertz CT molecular complexity index is 847. The SMILES string of the molecule is CS(=O)(=O)N(CCCCCCCNC(=N)Nc1ccncc1)OCc1ccccc1. The van der Waals surface area contributed by atoms with Gasteiger partial charge in [-0.1, -0.05) is 54.1 Å². The summed E-state index contributed by atoms with van der Waals surface area (Å²) in [5.41, 5.74) is 1.76. The van der Waals surface area contributed by atoms with Crippen LogP contribution in [-0.2, 0) is 21.5 Å². The highest BCUT2D eigenvalue weighted by Gasteiger charge is 2.17. The largest absolute Gasteiger partial charge is 0.356 e. The summed E-state index contributed by atoms with van der Waals surface area (Å²) in [6.07, 6.45) is 9.14. The zero-order valence-electron chi connectivity index (χ0n) is 17.4. The van der Waals surface area contributed by atoms with E-state index in [-0.39, 0.29) is 12.6 Å². The molecule has 0 saturated carbocycles. The van der Waals surface area contributed by atoms with Crippen LogP contribution in [-0.4, -0.2) is 43.2 Å². The highest BCUT2D eigenvalue weighted by atomic mass is 32.2. The third kappa shape index (κ3) is 9.82. The number of aromatic nitrogens is 1. The molecule has 0 unspecified atom stereocenters. The van der Waals surface area contributed by atoms with Crippen LogP contribution in [0.15, 0.2) is 54.9 Å². The Morgan fingerprint density at radius 3 is 2.40 bits per heavy atom. The van der Waals surface area contributed by atoms with Gasteiger partial charge in [-0.2, -0.15) is 0 Å². The molecule has 0 spiro atoms. The van der Waals surface area contributed by atoms with Crippen molar-refractivity contribution < 1.29 is 13.3 Å². The third-order valence-corrected chi connectivity index (χ3v) is 5.38. The van der Waals surface area contributed by atoms with Gasteiger partial charge in [0.25, 0.3) is 0 Å². The fraction of sp³-hybridized carbons (Fsp3) is 0.429. The van der Waals surface area contributed by atoms with Gasteiger partial charge in [-0.05, 0) is 30.5 Å². The van der Waals surface area contributed by atoms with E-state index in [1.54, 1.807) is 24.5 Å². The predicted molar refractivity (Wildman–Crippen MR) is 119 cm³/mol. The van der Waals surface area contributed by atoms with Gasteiger partial charge in [0.05, 0.1) is 12.9 Å². The quantitative estimate of drug-likeness (QED) is 0.193. The normalized spacial score (nSPS) is 11.4. The predicted octanol–water partition coefficient (Wildman–Crippen LogP) is 3.36. The van der Waals surface area contributed by atoms with Crippen LogP contribution in [0.25, 0.3) is 0 Å². The average Bonchev–Trinajstić information content (AvgIpc) is 2.72. The van der Waals surface area contributed by atoms with E-state index in [1.807, 2.05) is 30.3 Å². The lowest BCUT2D eigenvalue weighted by Crippen LogP contribution is -2.31. The van der Waals surface area contributed by atoms with Crippen molar-refractivity contribution in [3.63, 3.8) is 0 Å². The molecule has 0 aliphatic carbocycles. The number of nitrogens with one attached hydrogen (secondary N) is 3. The first-order valence-electron chi connectivity index (χ1n) is 10.1. The van der Waals surface area contributed by atoms with Crippen molar-refractivity contribution in [1.82, 2.24) is 14.8 Å². The van der Waals surface area contributed by atoms with Gasteiger partial charge in [-0.25, -0.2) is 8.42 Å². The topological polar surface area (TPSA) is 107 Å². The summed E-state index contributed by atoms with van der Waals surface area (Å²) in [7, 11) is -3.41. The van der Waals surface area contributed by atoms with Crippen LogP contribution in [0.5, 0.6) is 0 Å². The Kier molecular flexibility index (Phi) is 10.3. The highest BCUT2D eigenvalue weighted by molar-refractivity contribution is 7.88. The summed E-state index contributed by atoms with van der Waals surface area (Å²) in [6.45, 7) is 1.30. The molecule has 0 fully saturated rings. The number of hydroxylamine groups is 1. The van der Waals surface area contributed by atoms with Crippen molar-refractivity contribution in [2.24, 2.45) is 0 Å². The van der Waals surface area contributed by atoms with E-state index in [1.165, 1.54) is 6.26 Å². The van der Waals surface area contributed by atoms with Crippen molar-refractivity contribution in [3.8, 4) is 0 Å². The Balaban J connectivity index is 1.55. The van der Waals surface area contributed by atoms with Gasteiger partial charge >= 0.3 is 0 Å². The van der Waals surface area contributed by atoms with Crippen LogP contribution in [0, 0.1) is 5.41 Å². The van der Waals surface area contributed by atoms with Crippen molar-refractivity contribution >= 4 is 21.7 Å². The molecule has 2 aromatic rings. The fourth-order valence-electron chi connectivity index (χ4n) is 2.78. The molecule has 1 aromatic heterocycles. The van der Waals surface area contributed by atoms with Gasteiger partial charge in [0.2, 0.25) is 10.0 Å². The summed E-state index contributed by atoms with van der Waals surface area (Å²) in [4.78, 5) is 9.45. The molecule has 2 rings (SSSR count). The van der Waals surface area contributed by atoms with Gasteiger partial charge in [0.15, 0.2) is 5.96 Å². The molecule has 30 heavy (non-hydrogen) atoms. The maximum absolute atomic E-state index is 11.9. The van der Waals surface area contributed by atoms with Gasteiger partial charge in [-0.3, -0.25) is 15.2 Å². The van der Waals surface area contributed by atoms with E-state index in [4.69, 9.17) is 10.2 Å². The standard InChI is InChI=1S/C21H31N5O3S/c1-30(27,28)26(29-18-19-10-6-5-7-11-19)17-9-4-2-3-8-14-24-21(22)25-20-12-15-23-16-13-20/h5-7,10-13,15-16H,2-4,8-9,14,17-18H2,1H3,(H3,22,23,24,25). The van der Waals surface area contributed by atoms with Gasteiger partial charge in [-0.15, -0.1) is 0 Å². The molecule has 0 bridgehead atoms. The smallest absolute Gasteiger partial charge is 0.233 e. The zero-order chi connectivity index (χ0) is 21.7. The minimum absolute atomic E-state index is 0.235. The monoisotopic (exact) mass is 433 g/mol. The van der Waals surface area contributed by atoms with E-state index < -0.39 is 10.0 Å². The van der Waals surface area contributed by atoms with E-state index in [0.29, 0.717) is 13.1 Å². The van der Waals surface area contributed by atoms with Crippen LogP contribution in [0.4, 0.5) is 5.69 Å². The average molecular weight is 434 g/mol. The Morgan fingerprint density at radius 1 is 1.03 bits per heavy atom. The maximum Gasteiger partial charge on any atom is 0.233 e. The molecule has 0 aliphatic rings. The number of rotatable bonds is 13. The van der Waals surface area contributed by atoms with E-state index >= 15 is 0 Å². The Hall–Kier alpha value is -2.49. The number of benzene rings is 1. The van der Waals surface area contributed by atoms with Crippen LogP contribution in [0.1, 0.15) is 37.7 Å². The van der Waals surface area contributed by atoms with E-state index in [0.717, 1.165) is 47.8 Å². The molecule has 9 heteroatoms. The van der Waals surface area contributed by atoms with E-state index in [2.05, 4.69) is 15.6 Å². The van der Waals surface area contributed by atoms with Gasteiger partial charge in [0, 0.05) is 31.2 Å². The first kappa shape index (κ1) is 23.8. The number of guanidine groups is 1. The van der Waals surface area contributed by atoms with Gasteiger partial charge < -0.3 is 10.6 Å². The molecule has 0 radical (unpaired) electrons. The number of anilines is 1. The lowest BCUT2D eigenvalue weighted by molar-refractivity contribution is -0.0962. The molecule has 8 nitrogen and oxygen atoms in total. The number of hydrogen-bond acceptors (Lipinski definition) is 5. The van der Waals surface area contributed by atoms with Crippen LogP contribution in [0.2, 0.25) is 0 Å². The lowest BCUT2D eigenvalue weighted by atomic mass is 10.1. The highest BCUT2D eigenvalue weighted by Crippen LogP contribution is 2.10. The van der Waals surface area contributed by atoms with Crippen LogP contribution < -0.4 is 10.6 Å². The second-order valence-electron chi connectivity index (χ2n) is 6.98.